The van der Waals surface area contributed by atoms with E-state index >= 15 is 0 Å². The van der Waals surface area contributed by atoms with Crippen molar-refractivity contribution >= 4 is 18.2 Å². The third-order valence-corrected chi connectivity index (χ3v) is 11.5. The van der Waals surface area contributed by atoms with Gasteiger partial charge in [0.25, 0.3) is 0 Å². The first-order valence-electron chi connectivity index (χ1n) is 13.1. The van der Waals surface area contributed by atoms with Crippen LogP contribution in [0.2, 0.25) is 13.1 Å². The summed E-state index contributed by atoms with van der Waals surface area (Å²) in [7, 11) is -1.84. The van der Waals surface area contributed by atoms with Crippen molar-refractivity contribution in [1.29, 1.82) is 0 Å². The van der Waals surface area contributed by atoms with E-state index in [4.69, 9.17) is 0 Å². The molecule has 0 aromatic carbocycles. The minimum absolute atomic E-state index is 0.280. The van der Waals surface area contributed by atoms with Crippen molar-refractivity contribution in [1.82, 2.24) is 19.9 Å². The summed E-state index contributed by atoms with van der Waals surface area (Å²) in [5.74, 6) is 0. The first-order valence-corrected chi connectivity index (χ1v) is 17.8. The Morgan fingerprint density at radius 2 is 0.933 bits per heavy atom. The molecular weight excluding hydrogens is 400 g/mol. The monoisotopic (exact) mass is 456 g/mol. The normalized spacial score (nSPS) is 19.8. The third kappa shape index (κ3) is 13.0. The zero-order valence-electron chi connectivity index (χ0n) is 21.8. The van der Waals surface area contributed by atoms with Crippen LogP contribution in [0.25, 0.3) is 0 Å². The SMILES string of the molecule is CCC(C)(C)N[SiH](C)NC(C)(C)CC.C[SiH](NC1CCCCC1)NC1CCCCC1. The van der Waals surface area contributed by atoms with Gasteiger partial charge in [-0.05, 0) is 79.3 Å². The molecule has 0 aromatic heterocycles. The summed E-state index contributed by atoms with van der Waals surface area (Å²) in [6.45, 7) is 18.3. The molecule has 2 aliphatic rings. The van der Waals surface area contributed by atoms with Crippen LogP contribution in [0.5, 0.6) is 0 Å². The van der Waals surface area contributed by atoms with Crippen LogP contribution < -0.4 is 19.9 Å². The highest BCUT2D eigenvalue weighted by Crippen LogP contribution is 2.19. The van der Waals surface area contributed by atoms with E-state index in [-0.39, 0.29) is 11.1 Å². The molecule has 180 valence electrons. The van der Waals surface area contributed by atoms with Crippen LogP contribution in [0, 0.1) is 0 Å². The van der Waals surface area contributed by atoms with Gasteiger partial charge in [-0.1, -0.05) is 52.4 Å². The topological polar surface area (TPSA) is 48.1 Å². The van der Waals surface area contributed by atoms with Gasteiger partial charge in [0.2, 0.25) is 0 Å². The highest BCUT2D eigenvalue weighted by atomic mass is 28.3. The molecule has 0 atom stereocenters. The molecule has 0 aromatic rings. The second kappa shape index (κ2) is 14.4. The summed E-state index contributed by atoms with van der Waals surface area (Å²) in [6, 6.07) is 1.68. The molecule has 2 aliphatic carbocycles. The Kier molecular flexibility index (Phi) is 13.6. The van der Waals surface area contributed by atoms with E-state index in [1.165, 1.54) is 77.0 Å². The fourth-order valence-corrected chi connectivity index (χ4v) is 9.71. The molecular formula is C24H56N4Si2. The van der Waals surface area contributed by atoms with E-state index in [1.54, 1.807) is 0 Å². The summed E-state index contributed by atoms with van der Waals surface area (Å²) in [5.41, 5.74) is 0.560. The maximum absolute atomic E-state index is 3.89. The number of rotatable bonds is 10. The summed E-state index contributed by atoms with van der Waals surface area (Å²) in [5, 5.41) is 0. The van der Waals surface area contributed by atoms with Crippen molar-refractivity contribution in [3.05, 3.63) is 0 Å². The summed E-state index contributed by atoms with van der Waals surface area (Å²) in [4.78, 5) is 15.2. The van der Waals surface area contributed by atoms with Gasteiger partial charge < -0.3 is 19.9 Å². The van der Waals surface area contributed by atoms with Gasteiger partial charge in [0, 0.05) is 23.2 Å². The lowest BCUT2D eigenvalue weighted by Gasteiger charge is -2.34. The van der Waals surface area contributed by atoms with E-state index in [9.17, 15) is 0 Å². The van der Waals surface area contributed by atoms with Crippen LogP contribution in [-0.2, 0) is 0 Å². The van der Waals surface area contributed by atoms with E-state index in [2.05, 4.69) is 74.6 Å². The molecule has 0 saturated heterocycles. The summed E-state index contributed by atoms with van der Waals surface area (Å²) in [6.07, 6.45) is 16.8. The first-order chi connectivity index (χ1) is 14.1. The van der Waals surface area contributed by atoms with Crippen molar-refractivity contribution in [3.8, 4) is 0 Å². The molecule has 0 aliphatic heterocycles. The van der Waals surface area contributed by atoms with Gasteiger partial charge in [-0.2, -0.15) is 0 Å². The highest BCUT2D eigenvalue weighted by molar-refractivity contribution is 6.52. The summed E-state index contributed by atoms with van der Waals surface area (Å²) >= 11 is 0. The zero-order valence-corrected chi connectivity index (χ0v) is 24.1. The van der Waals surface area contributed by atoms with E-state index in [0.717, 1.165) is 12.1 Å². The Bertz CT molecular complexity index is 395. The molecule has 2 rings (SSSR count). The van der Waals surface area contributed by atoms with Gasteiger partial charge in [0.05, 0.1) is 0 Å². The molecule has 0 spiro atoms. The lowest BCUT2D eigenvalue weighted by molar-refractivity contribution is 0.397. The second-order valence-corrected chi connectivity index (χ2v) is 15.3. The van der Waals surface area contributed by atoms with Crippen LogP contribution in [0.3, 0.4) is 0 Å². The number of hydrogen-bond acceptors (Lipinski definition) is 4. The Hall–Kier alpha value is 0.274. The van der Waals surface area contributed by atoms with Gasteiger partial charge >= 0.3 is 0 Å². The van der Waals surface area contributed by atoms with Crippen LogP contribution in [0.1, 0.15) is 119 Å². The predicted molar refractivity (Wildman–Crippen MR) is 141 cm³/mol. The molecule has 4 nitrogen and oxygen atoms in total. The van der Waals surface area contributed by atoms with Gasteiger partial charge in [-0.25, -0.2) is 0 Å². The van der Waals surface area contributed by atoms with Crippen molar-refractivity contribution < 1.29 is 0 Å². The Labute approximate surface area is 193 Å². The maximum atomic E-state index is 3.89. The Morgan fingerprint density at radius 1 is 0.600 bits per heavy atom. The molecule has 6 heteroatoms. The van der Waals surface area contributed by atoms with Crippen LogP contribution in [-0.4, -0.2) is 41.4 Å². The van der Waals surface area contributed by atoms with Crippen molar-refractivity contribution in [3.63, 3.8) is 0 Å². The summed E-state index contributed by atoms with van der Waals surface area (Å²) < 4.78 is 0. The molecule has 0 radical (unpaired) electrons. The molecule has 0 bridgehead atoms. The molecule has 30 heavy (non-hydrogen) atoms. The van der Waals surface area contributed by atoms with Gasteiger partial charge in [-0.15, -0.1) is 0 Å². The van der Waals surface area contributed by atoms with E-state index < -0.39 is 18.2 Å². The largest absolute Gasteiger partial charge is 0.325 e. The van der Waals surface area contributed by atoms with Gasteiger partial charge in [0.1, 0.15) is 0 Å². The van der Waals surface area contributed by atoms with Crippen molar-refractivity contribution in [2.45, 2.75) is 155 Å². The third-order valence-electron chi connectivity index (χ3n) is 7.16. The van der Waals surface area contributed by atoms with Crippen LogP contribution in [0.15, 0.2) is 0 Å². The molecule has 2 saturated carbocycles. The van der Waals surface area contributed by atoms with Crippen molar-refractivity contribution in [2.75, 3.05) is 0 Å². The zero-order chi connectivity index (χ0) is 22.6. The highest BCUT2D eigenvalue weighted by Gasteiger charge is 2.23. The molecule has 2 fully saturated rings. The lowest BCUT2D eigenvalue weighted by Crippen LogP contribution is -2.59. The van der Waals surface area contributed by atoms with Gasteiger partial charge in [0.15, 0.2) is 18.2 Å². The van der Waals surface area contributed by atoms with Gasteiger partial charge in [-0.3, -0.25) is 0 Å². The predicted octanol–water partition coefficient (Wildman–Crippen LogP) is 5.07. The minimum Gasteiger partial charge on any atom is -0.325 e. The molecule has 0 amide bonds. The maximum Gasteiger partial charge on any atom is 0.182 e. The molecule has 0 unspecified atom stereocenters. The first kappa shape index (κ1) is 28.3. The van der Waals surface area contributed by atoms with Crippen molar-refractivity contribution in [2.24, 2.45) is 0 Å². The average molecular weight is 457 g/mol. The standard InChI is InChI=1S/C13H28N2Si.C11H28N2Si/c1-16(14-12-8-4-2-5-9-12)15-13-10-6-3-7-11-13;1-8-10(3,4)12-14(7)13-11(5,6)9-2/h12-16H,2-11H2,1H3;12-14H,8-9H2,1-7H3. The smallest absolute Gasteiger partial charge is 0.182 e. The van der Waals surface area contributed by atoms with E-state index in [1.807, 2.05) is 0 Å². The fourth-order valence-electron chi connectivity index (χ4n) is 4.71. The number of hydrogen-bond donors (Lipinski definition) is 4. The Morgan fingerprint density at radius 3 is 1.23 bits per heavy atom. The lowest BCUT2D eigenvalue weighted by atomic mass is 9.96. The second-order valence-electron chi connectivity index (χ2n) is 11.2. The fraction of sp³-hybridized carbons (Fsp3) is 1.00. The molecule has 0 heterocycles. The number of nitrogens with one attached hydrogen (secondary N) is 4. The molecule has 4 N–H and O–H groups in total. The average Bonchev–Trinajstić information content (AvgIpc) is 2.69. The quantitative estimate of drug-likeness (QED) is 0.346. The van der Waals surface area contributed by atoms with Crippen LogP contribution >= 0.6 is 0 Å². The Balaban J connectivity index is 0.000000304. The van der Waals surface area contributed by atoms with Crippen LogP contribution in [0.4, 0.5) is 0 Å². The van der Waals surface area contributed by atoms with E-state index in [0.29, 0.717) is 0 Å². The minimum atomic E-state index is -0.987.